The summed E-state index contributed by atoms with van der Waals surface area (Å²) in [6, 6.07) is 3.39. The van der Waals surface area contributed by atoms with Crippen molar-refractivity contribution in [2.24, 2.45) is 0 Å². The fraction of sp³-hybridized carbons (Fsp3) is 0.467. The van der Waals surface area contributed by atoms with Crippen LogP contribution in [0.3, 0.4) is 0 Å². The highest BCUT2D eigenvalue weighted by Gasteiger charge is 2.29. The Balaban J connectivity index is 1.60. The molecule has 1 fully saturated rings. The van der Waals surface area contributed by atoms with E-state index >= 15 is 0 Å². The number of amides is 1. The van der Waals surface area contributed by atoms with Crippen LogP contribution >= 0.6 is 0 Å². The zero-order valence-electron chi connectivity index (χ0n) is 12.3. The molecule has 1 amide bonds. The van der Waals surface area contributed by atoms with E-state index in [-0.39, 0.29) is 12.5 Å². The van der Waals surface area contributed by atoms with Crippen molar-refractivity contribution in [1.29, 1.82) is 0 Å². The molecule has 0 atom stereocenters. The van der Waals surface area contributed by atoms with E-state index in [2.05, 4.69) is 20.4 Å². The third-order valence-corrected chi connectivity index (χ3v) is 4.03. The maximum Gasteiger partial charge on any atom is 0.252 e. The molecule has 0 aromatic carbocycles. The topological polar surface area (TPSA) is 92.9 Å². The van der Waals surface area contributed by atoms with Gasteiger partial charge in [0.1, 0.15) is 12.7 Å². The Hall–Kier alpha value is -2.28. The molecule has 0 unspecified atom stereocenters. The number of nitrogens with zero attached hydrogens (tertiary/aromatic N) is 4. The van der Waals surface area contributed by atoms with E-state index in [9.17, 15) is 9.90 Å². The number of carbonyl (C=O) groups excluding carboxylic acids is 1. The quantitative estimate of drug-likeness (QED) is 0.881. The third-order valence-electron chi connectivity index (χ3n) is 4.03. The Morgan fingerprint density at radius 1 is 1.32 bits per heavy atom. The summed E-state index contributed by atoms with van der Waals surface area (Å²) in [5.74, 6) is 0.372. The number of pyridine rings is 1. The molecule has 116 valence electrons. The van der Waals surface area contributed by atoms with Crippen molar-refractivity contribution in [2.75, 3.05) is 6.54 Å². The maximum atomic E-state index is 12.1. The number of aromatic nitrogens is 4. The van der Waals surface area contributed by atoms with Gasteiger partial charge in [-0.2, -0.15) is 5.10 Å². The summed E-state index contributed by atoms with van der Waals surface area (Å²) in [4.78, 5) is 20.2. The molecule has 0 bridgehead atoms. The lowest BCUT2D eigenvalue weighted by Crippen LogP contribution is -2.44. The number of rotatable bonds is 4. The van der Waals surface area contributed by atoms with Crippen molar-refractivity contribution in [2.45, 2.75) is 37.7 Å². The molecular weight excluding hydrogens is 282 g/mol. The molecular formula is C15H19N5O2. The van der Waals surface area contributed by atoms with Gasteiger partial charge in [0.05, 0.1) is 11.2 Å². The number of nitrogens with one attached hydrogen (secondary N) is 1. The van der Waals surface area contributed by atoms with E-state index in [0.29, 0.717) is 11.4 Å². The fourth-order valence-corrected chi connectivity index (χ4v) is 2.72. The fourth-order valence-electron chi connectivity index (χ4n) is 2.72. The number of hydrogen-bond donors (Lipinski definition) is 2. The standard InChI is InChI=1S/C15H19N5O2/c21-14(18-9-15(22)6-2-1-3-7-15)12-4-5-13(17-8-12)20-11-16-10-19-20/h4-5,8,10-11,22H,1-3,6-7,9H2,(H,18,21). The van der Waals surface area contributed by atoms with Gasteiger partial charge in [0.25, 0.3) is 5.91 Å². The van der Waals surface area contributed by atoms with Crippen LogP contribution in [0.4, 0.5) is 0 Å². The van der Waals surface area contributed by atoms with Gasteiger partial charge in [-0.15, -0.1) is 0 Å². The minimum Gasteiger partial charge on any atom is -0.388 e. The maximum absolute atomic E-state index is 12.1. The van der Waals surface area contributed by atoms with Crippen LogP contribution in [-0.2, 0) is 0 Å². The number of carbonyl (C=O) groups is 1. The van der Waals surface area contributed by atoms with Gasteiger partial charge in [0.2, 0.25) is 0 Å². The lowest BCUT2D eigenvalue weighted by Gasteiger charge is -2.32. The monoisotopic (exact) mass is 301 g/mol. The molecule has 0 spiro atoms. The molecule has 7 nitrogen and oxygen atoms in total. The van der Waals surface area contributed by atoms with Crippen molar-refractivity contribution in [3.63, 3.8) is 0 Å². The Morgan fingerprint density at radius 3 is 2.77 bits per heavy atom. The van der Waals surface area contributed by atoms with Crippen LogP contribution in [0.25, 0.3) is 5.82 Å². The van der Waals surface area contributed by atoms with Crippen molar-refractivity contribution >= 4 is 5.91 Å². The summed E-state index contributed by atoms with van der Waals surface area (Å²) in [6.45, 7) is 0.288. The smallest absolute Gasteiger partial charge is 0.252 e. The van der Waals surface area contributed by atoms with E-state index in [0.717, 1.165) is 32.1 Å². The highest BCUT2D eigenvalue weighted by atomic mass is 16.3. The SMILES string of the molecule is O=C(NCC1(O)CCCCC1)c1ccc(-n2cncn2)nc1. The first-order valence-corrected chi connectivity index (χ1v) is 7.48. The Morgan fingerprint density at radius 2 is 2.14 bits per heavy atom. The van der Waals surface area contributed by atoms with Crippen molar-refractivity contribution in [3.05, 3.63) is 36.5 Å². The second-order valence-corrected chi connectivity index (χ2v) is 5.71. The minimum atomic E-state index is -0.762. The summed E-state index contributed by atoms with van der Waals surface area (Å²) >= 11 is 0. The summed E-state index contributed by atoms with van der Waals surface area (Å²) in [6.07, 6.45) is 9.14. The van der Waals surface area contributed by atoms with Crippen LogP contribution in [0, 0.1) is 0 Å². The highest BCUT2D eigenvalue weighted by molar-refractivity contribution is 5.93. The van der Waals surface area contributed by atoms with E-state index in [1.807, 2.05) is 0 Å². The van der Waals surface area contributed by atoms with Crippen LogP contribution < -0.4 is 5.32 Å². The molecule has 1 aliphatic carbocycles. The molecule has 0 saturated heterocycles. The second-order valence-electron chi connectivity index (χ2n) is 5.71. The van der Waals surface area contributed by atoms with Gasteiger partial charge in [0.15, 0.2) is 5.82 Å². The molecule has 2 N–H and O–H groups in total. The van der Waals surface area contributed by atoms with Crippen LogP contribution in [0.1, 0.15) is 42.5 Å². The summed E-state index contributed by atoms with van der Waals surface area (Å²) in [5.41, 5.74) is -0.301. The van der Waals surface area contributed by atoms with Gasteiger partial charge in [-0.1, -0.05) is 19.3 Å². The Labute approximate surface area is 128 Å². The van der Waals surface area contributed by atoms with Crippen molar-refractivity contribution in [3.8, 4) is 5.82 Å². The molecule has 0 aliphatic heterocycles. The van der Waals surface area contributed by atoms with Crippen molar-refractivity contribution in [1.82, 2.24) is 25.1 Å². The molecule has 7 heteroatoms. The first-order chi connectivity index (χ1) is 10.7. The van der Waals surface area contributed by atoms with E-state index < -0.39 is 5.60 Å². The molecule has 2 heterocycles. The predicted molar refractivity (Wildman–Crippen MR) is 79.5 cm³/mol. The molecule has 1 saturated carbocycles. The minimum absolute atomic E-state index is 0.225. The first-order valence-electron chi connectivity index (χ1n) is 7.48. The molecule has 2 aromatic rings. The van der Waals surface area contributed by atoms with Crippen LogP contribution in [-0.4, -0.2) is 42.9 Å². The zero-order valence-corrected chi connectivity index (χ0v) is 12.3. The molecule has 1 aliphatic rings. The van der Waals surface area contributed by atoms with Gasteiger partial charge < -0.3 is 10.4 Å². The third kappa shape index (κ3) is 3.30. The Kier molecular flexibility index (Phi) is 4.15. The lowest BCUT2D eigenvalue weighted by atomic mass is 9.85. The predicted octanol–water partition coefficient (Wildman–Crippen LogP) is 1.09. The van der Waals surface area contributed by atoms with E-state index in [4.69, 9.17) is 0 Å². The number of hydrogen-bond acceptors (Lipinski definition) is 5. The Bertz CT molecular complexity index is 618. The van der Waals surface area contributed by atoms with Crippen LogP contribution in [0.15, 0.2) is 31.0 Å². The first kappa shape index (κ1) is 14.6. The lowest BCUT2D eigenvalue weighted by molar-refractivity contribution is 0.00525. The van der Waals surface area contributed by atoms with E-state index in [1.165, 1.54) is 17.2 Å². The summed E-state index contributed by atoms with van der Waals surface area (Å²) < 4.78 is 1.52. The van der Waals surface area contributed by atoms with E-state index in [1.54, 1.807) is 18.5 Å². The van der Waals surface area contributed by atoms with Gasteiger partial charge in [-0.05, 0) is 25.0 Å². The number of aliphatic hydroxyl groups is 1. The normalized spacial score (nSPS) is 17.1. The van der Waals surface area contributed by atoms with Crippen molar-refractivity contribution < 1.29 is 9.90 Å². The van der Waals surface area contributed by atoms with Crippen LogP contribution in [0.2, 0.25) is 0 Å². The molecule has 2 aromatic heterocycles. The van der Waals surface area contributed by atoms with Gasteiger partial charge in [-0.25, -0.2) is 14.6 Å². The molecule has 22 heavy (non-hydrogen) atoms. The van der Waals surface area contributed by atoms with Gasteiger partial charge in [0, 0.05) is 12.7 Å². The second kappa shape index (κ2) is 6.23. The molecule has 3 rings (SSSR count). The largest absolute Gasteiger partial charge is 0.388 e. The van der Waals surface area contributed by atoms with Crippen LogP contribution in [0.5, 0.6) is 0 Å². The zero-order chi connectivity index (χ0) is 15.4. The summed E-state index contributed by atoms with van der Waals surface area (Å²) in [7, 11) is 0. The highest BCUT2D eigenvalue weighted by Crippen LogP contribution is 2.27. The molecule has 0 radical (unpaired) electrons. The average Bonchev–Trinajstić information content (AvgIpc) is 3.08. The average molecular weight is 301 g/mol. The van der Waals surface area contributed by atoms with Gasteiger partial charge >= 0.3 is 0 Å². The van der Waals surface area contributed by atoms with Gasteiger partial charge in [-0.3, -0.25) is 4.79 Å². The summed E-state index contributed by atoms with van der Waals surface area (Å²) in [5, 5.41) is 17.2.